The SMILES string of the molecule is CCS(=O)(=O)CCN1C[C@@H](O)[C@@H](O)C1. The standard InChI is InChI=1S/C8H17NO4S/c1-2-14(12,13)4-3-9-5-7(10)8(11)6-9/h7-8,10-11H,2-6H2,1H3/t7-,8+. The molecule has 0 aliphatic carbocycles. The highest BCUT2D eigenvalue weighted by Gasteiger charge is 2.29. The lowest BCUT2D eigenvalue weighted by Crippen LogP contribution is -2.29. The van der Waals surface area contributed by atoms with E-state index >= 15 is 0 Å². The molecule has 2 N–H and O–H groups in total. The van der Waals surface area contributed by atoms with Gasteiger partial charge in [-0.1, -0.05) is 6.92 Å². The summed E-state index contributed by atoms with van der Waals surface area (Å²) in [6, 6.07) is 0. The molecule has 0 aromatic rings. The van der Waals surface area contributed by atoms with Crippen molar-refractivity contribution in [1.29, 1.82) is 0 Å². The lowest BCUT2D eigenvalue weighted by atomic mass is 10.3. The third kappa shape index (κ3) is 3.20. The summed E-state index contributed by atoms with van der Waals surface area (Å²) >= 11 is 0. The third-order valence-electron chi connectivity index (χ3n) is 2.49. The first-order chi connectivity index (χ1) is 6.44. The molecule has 6 heteroatoms. The van der Waals surface area contributed by atoms with E-state index in [0.717, 1.165) is 0 Å². The minimum Gasteiger partial charge on any atom is -0.389 e. The molecule has 1 fully saturated rings. The highest BCUT2D eigenvalue weighted by molar-refractivity contribution is 7.91. The molecule has 5 nitrogen and oxygen atoms in total. The zero-order chi connectivity index (χ0) is 10.8. The van der Waals surface area contributed by atoms with E-state index in [0.29, 0.717) is 19.6 Å². The Morgan fingerprint density at radius 3 is 2.21 bits per heavy atom. The van der Waals surface area contributed by atoms with Crippen molar-refractivity contribution in [2.45, 2.75) is 19.1 Å². The molecular weight excluding hydrogens is 206 g/mol. The molecule has 0 unspecified atom stereocenters. The molecule has 1 rings (SSSR count). The number of sulfone groups is 1. The summed E-state index contributed by atoms with van der Waals surface area (Å²) in [5.74, 6) is 0.245. The van der Waals surface area contributed by atoms with Gasteiger partial charge in [0, 0.05) is 25.4 Å². The quantitative estimate of drug-likeness (QED) is 0.604. The smallest absolute Gasteiger partial charge is 0.151 e. The van der Waals surface area contributed by atoms with E-state index in [2.05, 4.69) is 0 Å². The summed E-state index contributed by atoms with van der Waals surface area (Å²) in [5.41, 5.74) is 0. The van der Waals surface area contributed by atoms with E-state index in [1.54, 1.807) is 11.8 Å². The van der Waals surface area contributed by atoms with Crippen LogP contribution in [0, 0.1) is 0 Å². The molecule has 0 aromatic carbocycles. The molecule has 14 heavy (non-hydrogen) atoms. The van der Waals surface area contributed by atoms with Gasteiger partial charge in [-0.2, -0.15) is 0 Å². The van der Waals surface area contributed by atoms with E-state index in [1.807, 2.05) is 0 Å². The van der Waals surface area contributed by atoms with Gasteiger partial charge in [0.2, 0.25) is 0 Å². The second kappa shape index (κ2) is 4.57. The molecule has 1 heterocycles. The number of aliphatic hydroxyl groups is 2. The maximum Gasteiger partial charge on any atom is 0.151 e. The number of aliphatic hydroxyl groups excluding tert-OH is 2. The average Bonchev–Trinajstić information content (AvgIpc) is 2.44. The van der Waals surface area contributed by atoms with Gasteiger partial charge in [0.1, 0.15) is 0 Å². The Bertz CT molecular complexity index is 267. The van der Waals surface area contributed by atoms with Gasteiger partial charge in [-0.25, -0.2) is 8.42 Å². The lowest BCUT2D eigenvalue weighted by molar-refractivity contribution is 0.0572. The second-order valence-corrected chi connectivity index (χ2v) is 6.10. The molecule has 0 bridgehead atoms. The van der Waals surface area contributed by atoms with Gasteiger partial charge in [0.05, 0.1) is 18.0 Å². The predicted octanol–water partition coefficient (Wildman–Crippen LogP) is -1.54. The highest BCUT2D eigenvalue weighted by atomic mass is 32.2. The van der Waals surface area contributed by atoms with Crippen LogP contribution in [-0.2, 0) is 9.84 Å². The van der Waals surface area contributed by atoms with Crippen LogP contribution in [0.4, 0.5) is 0 Å². The van der Waals surface area contributed by atoms with E-state index in [-0.39, 0.29) is 11.5 Å². The van der Waals surface area contributed by atoms with Crippen LogP contribution in [0.15, 0.2) is 0 Å². The van der Waals surface area contributed by atoms with Crippen molar-refractivity contribution in [2.24, 2.45) is 0 Å². The molecule has 1 aliphatic rings. The van der Waals surface area contributed by atoms with Crippen LogP contribution < -0.4 is 0 Å². The van der Waals surface area contributed by atoms with Crippen molar-refractivity contribution in [2.75, 3.05) is 31.1 Å². The van der Waals surface area contributed by atoms with Crippen LogP contribution in [0.5, 0.6) is 0 Å². The van der Waals surface area contributed by atoms with Crippen LogP contribution in [0.25, 0.3) is 0 Å². The summed E-state index contributed by atoms with van der Waals surface area (Å²) in [6.45, 7) is 2.73. The fraction of sp³-hybridized carbons (Fsp3) is 1.00. The van der Waals surface area contributed by atoms with Gasteiger partial charge in [0.25, 0.3) is 0 Å². The molecule has 0 saturated carbocycles. The first-order valence-electron chi connectivity index (χ1n) is 4.73. The first-order valence-corrected chi connectivity index (χ1v) is 6.55. The highest BCUT2D eigenvalue weighted by Crippen LogP contribution is 2.09. The predicted molar refractivity (Wildman–Crippen MR) is 52.8 cm³/mol. The summed E-state index contributed by atoms with van der Waals surface area (Å²) in [4.78, 5) is 1.77. The van der Waals surface area contributed by atoms with Gasteiger partial charge in [-0.15, -0.1) is 0 Å². The molecule has 0 amide bonds. The van der Waals surface area contributed by atoms with E-state index < -0.39 is 22.0 Å². The number of hydrogen-bond donors (Lipinski definition) is 2. The number of likely N-dealkylation sites (tertiary alicyclic amines) is 1. The number of nitrogens with zero attached hydrogens (tertiary/aromatic N) is 1. The average molecular weight is 223 g/mol. The van der Waals surface area contributed by atoms with Crippen molar-refractivity contribution >= 4 is 9.84 Å². The lowest BCUT2D eigenvalue weighted by Gasteiger charge is -2.13. The Kier molecular flexibility index (Phi) is 3.88. The maximum atomic E-state index is 11.2. The van der Waals surface area contributed by atoms with Crippen LogP contribution in [0.2, 0.25) is 0 Å². The largest absolute Gasteiger partial charge is 0.389 e. The summed E-state index contributed by atoms with van der Waals surface area (Å²) in [6.07, 6.45) is -1.47. The number of hydrogen-bond acceptors (Lipinski definition) is 5. The molecule has 0 aromatic heterocycles. The van der Waals surface area contributed by atoms with Crippen LogP contribution in [0.1, 0.15) is 6.92 Å². The van der Waals surface area contributed by atoms with Gasteiger partial charge in [0.15, 0.2) is 9.84 Å². The fourth-order valence-corrected chi connectivity index (χ4v) is 2.27. The normalized spacial score (nSPS) is 29.6. The molecular formula is C8H17NO4S. The van der Waals surface area contributed by atoms with Crippen molar-refractivity contribution < 1.29 is 18.6 Å². The van der Waals surface area contributed by atoms with Crippen molar-refractivity contribution in [3.05, 3.63) is 0 Å². The Balaban J connectivity index is 2.34. The Morgan fingerprint density at radius 1 is 1.29 bits per heavy atom. The van der Waals surface area contributed by atoms with Gasteiger partial charge in [-0.05, 0) is 0 Å². The molecule has 1 saturated heterocycles. The number of rotatable bonds is 4. The minimum atomic E-state index is -2.95. The maximum absolute atomic E-state index is 11.2. The zero-order valence-corrected chi connectivity index (χ0v) is 9.07. The van der Waals surface area contributed by atoms with Crippen molar-refractivity contribution in [1.82, 2.24) is 4.90 Å². The fourth-order valence-electron chi connectivity index (χ4n) is 1.44. The molecule has 0 radical (unpaired) electrons. The number of β-amino-alcohol motifs (C(OH)–C–C–N with tert-alkyl or cyclic N) is 2. The van der Waals surface area contributed by atoms with Crippen molar-refractivity contribution in [3.63, 3.8) is 0 Å². The zero-order valence-electron chi connectivity index (χ0n) is 8.26. The van der Waals surface area contributed by atoms with Gasteiger partial charge < -0.3 is 10.2 Å². The second-order valence-electron chi connectivity index (χ2n) is 3.63. The van der Waals surface area contributed by atoms with Crippen LogP contribution in [-0.4, -0.2) is 66.9 Å². The summed E-state index contributed by atoms with van der Waals surface area (Å²) in [5, 5.41) is 18.4. The molecule has 2 atom stereocenters. The van der Waals surface area contributed by atoms with E-state index in [4.69, 9.17) is 0 Å². The van der Waals surface area contributed by atoms with Gasteiger partial charge in [-0.3, -0.25) is 4.90 Å². The van der Waals surface area contributed by atoms with E-state index in [9.17, 15) is 18.6 Å². The minimum absolute atomic E-state index is 0.100. The van der Waals surface area contributed by atoms with Crippen LogP contribution in [0.3, 0.4) is 0 Å². The molecule has 84 valence electrons. The monoisotopic (exact) mass is 223 g/mol. The summed E-state index contributed by atoms with van der Waals surface area (Å²) in [7, 11) is -2.95. The Labute approximate surface area is 84.3 Å². The van der Waals surface area contributed by atoms with Crippen molar-refractivity contribution in [3.8, 4) is 0 Å². The third-order valence-corrected chi connectivity index (χ3v) is 4.18. The Morgan fingerprint density at radius 2 is 1.79 bits per heavy atom. The Hall–Kier alpha value is -0.170. The molecule has 1 aliphatic heterocycles. The van der Waals surface area contributed by atoms with Gasteiger partial charge >= 0.3 is 0 Å². The van der Waals surface area contributed by atoms with Crippen LogP contribution >= 0.6 is 0 Å². The summed E-state index contributed by atoms with van der Waals surface area (Å²) < 4.78 is 22.3. The topological polar surface area (TPSA) is 77.8 Å². The molecule has 0 spiro atoms. The first kappa shape index (κ1) is 11.9. The van der Waals surface area contributed by atoms with E-state index in [1.165, 1.54) is 0 Å².